The molecule has 0 atom stereocenters. The van der Waals surface area contributed by atoms with Crippen molar-refractivity contribution in [2.75, 3.05) is 0 Å². The van der Waals surface area contributed by atoms with E-state index in [2.05, 4.69) is 4.98 Å². The fourth-order valence-corrected chi connectivity index (χ4v) is 4.46. The molecule has 1 fully saturated rings. The number of nitrogens with two attached hydrogens (primary N) is 1. The van der Waals surface area contributed by atoms with Gasteiger partial charge in [-0.15, -0.1) is 11.3 Å². The minimum Gasteiger partial charge on any atom is -0.383 e. The minimum absolute atomic E-state index is 0.147. The molecule has 0 amide bonds. The molecule has 1 heterocycles. The first-order chi connectivity index (χ1) is 8.16. The molecule has 0 aromatic carbocycles. The molecule has 2 rings (SSSR count). The molecule has 1 aliphatic carbocycles. The fraction of sp³-hybridized carbons (Fsp3) is 0.667. The minimum atomic E-state index is 0.147. The number of nitrogens with one attached hydrogen (secondary N) is 1. The van der Waals surface area contributed by atoms with E-state index in [1.165, 1.54) is 32.1 Å². The Labute approximate surface area is 111 Å². The van der Waals surface area contributed by atoms with Crippen LogP contribution in [0.4, 0.5) is 0 Å². The van der Waals surface area contributed by atoms with E-state index >= 15 is 0 Å². The van der Waals surface area contributed by atoms with Crippen LogP contribution in [0.3, 0.4) is 0 Å². The molecule has 0 spiro atoms. The molecule has 0 radical (unpaired) electrons. The van der Waals surface area contributed by atoms with Gasteiger partial charge in [0.05, 0.1) is 10.6 Å². The number of amidine groups is 1. The van der Waals surface area contributed by atoms with Crippen molar-refractivity contribution in [1.29, 1.82) is 5.41 Å². The van der Waals surface area contributed by atoms with Crippen molar-refractivity contribution in [1.82, 2.24) is 4.98 Å². The lowest BCUT2D eigenvalue weighted by atomic mass is 10.0. The molecule has 3 N–H and O–H groups in total. The summed E-state index contributed by atoms with van der Waals surface area (Å²) >= 11 is 3.60. The van der Waals surface area contributed by atoms with Gasteiger partial charge in [-0.2, -0.15) is 11.8 Å². The predicted octanol–water partition coefficient (Wildman–Crippen LogP) is 3.30. The maximum atomic E-state index is 7.46. The third-order valence-corrected chi connectivity index (χ3v) is 5.84. The van der Waals surface area contributed by atoms with Crippen LogP contribution in [-0.2, 0) is 5.75 Å². The van der Waals surface area contributed by atoms with E-state index in [9.17, 15) is 0 Å². The summed E-state index contributed by atoms with van der Waals surface area (Å²) in [6.07, 6.45) is 6.88. The molecule has 3 nitrogen and oxygen atoms in total. The van der Waals surface area contributed by atoms with Crippen LogP contribution in [0.5, 0.6) is 0 Å². The maximum Gasteiger partial charge on any atom is 0.135 e. The van der Waals surface area contributed by atoms with Gasteiger partial charge in [-0.1, -0.05) is 19.3 Å². The van der Waals surface area contributed by atoms with E-state index in [-0.39, 0.29) is 5.84 Å². The number of aryl methyl sites for hydroxylation is 1. The number of hydrogen-bond donors (Lipinski definition) is 2. The monoisotopic (exact) mass is 269 g/mol. The van der Waals surface area contributed by atoms with Crippen LogP contribution < -0.4 is 5.73 Å². The number of aromatic nitrogens is 1. The Morgan fingerprint density at radius 1 is 1.47 bits per heavy atom. The number of thioether (sulfide) groups is 1. The highest BCUT2D eigenvalue weighted by Crippen LogP contribution is 2.31. The number of nitrogens with zero attached hydrogens (tertiary/aromatic N) is 1. The first kappa shape index (κ1) is 12.9. The summed E-state index contributed by atoms with van der Waals surface area (Å²) in [5, 5.41) is 9.39. The van der Waals surface area contributed by atoms with Crippen molar-refractivity contribution in [3.63, 3.8) is 0 Å². The molecule has 5 heteroatoms. The third kappa shape index (κ3) is 3.45. The number of hydrogen-bond acceptors (Lipinski definition) is 4. The van der Waals surface area contributed by atoms with Gasteiger partial charge in [0.25, 0.3) is 0 Å². The van der Waals surface area contributed by atoms with Gasteiger partial charge in [-0.3, -0.25) is 5.41 Å². The van der Waals surface area contributed by atoms with E-state index in [4.69, 9.17) is 11.1 Å². The van der Waals surface area contributed by atoms with E-state index < -0.39 is 0 Å². The van der Waals surface area contributed by atoms with Crippen LogP contribution in [0.2, 0.25) is 0 Å². The number of rotatable bonds is 4. The van der Waals surface area contributed by atoms with Crippen LogP contribution in [0, 0.1) is 12.3 Å². The zero-order valence-electron chi connectivity index (χ0n) is 10.2. The average Bonchev–Trinajstić information content (AvgIpc) is 2.69. The quantitative estimate of drug-likeness (QED) is 0.651. The normalized spacial score (nSPS) is 17.2. The Kier molecular flexibility index (Phi) is 4.45. The van der Waals surface area contributed by atoms with Gasteiger partial charge >= 0.3 is 0 Å². The van der Waals surface area contributed by atoms with Crippen LogP contribution in [-0.4, -0.2) is 16.1 Å². The standard InChI is InChI=1S/C12H19N3S2/c1-8-11(12(13)14)17-10(15-8)7-16-9-5-3-2-4-6-9/h9H,2-7H2,1H3,(H3,13,14). The molecular weight excluding hydrogens is 250 g/mol. The smallest absolute Gasteiger partial charge is 0.135 e. The Morgan fingerprint density at radius 3 is 2.76 bits per heavy atom. The Morgan fingerprint density at radius 2 is 2.18 bits per heavy atom. The summed E-state index contributed by atoms with van der Waals surface area (Å²) in [5.74, 6) is 1.12. The molecular formula is C12H19N3S2. The maximum absolute atomic E-state index is 7.46. The Bertz CT molecular complexity index is 394. The van der Waals surface area contributed by atoms with Crippen molar-refractivity contribution < 1.29 is 0 Å². The second-order valence-electron chi connectivity index (χ2n) is 4.51. The van der Waals surface area contributed by atoms with Crippen molar-refractivity contribution in [3.05, 3.63) is 15.6 Å². The highest BCUT2D eigenvalue weighted by molar-refractivity contribution is 7.99. The van der Waals surface area contributed by atoms with Crippen molar-refractivity contribution in [2.45, 2.75) is 50.0 Å². The van der Waals surface area contributed by atoms with Gasteiger partial charge < -0.3 is 5.73 Å². The van der Waals surface area contributed by atoms with Crippen LogP contribution >= 0.6 is 23.1 Å². The van der Waals surface area contributed by atoms with Gasteiger partial charge in [0.2, 0.25) is 0 Å². The highest BCUT2D eigenvalue weighted by Gasteiger charge is 2.15. The van der Waals surface area contributed by atoms with Crippen LogP contribution in [0.1, 0.15) is 47.7 Å². The topological polar surface area (TPSA) is 62.8 Å². The molecule has 0 unspecified atom stereocenters. The molecule has 1 aromatic heterocycles. The van der Waals surface area contributed by atoms with Gasteiger partial charge in [0, 0.05) is 11.0 Å². The van der Waals surface area contributed by atoms with Gasteiger partial charge in [-0.25, -0.2) is 4.98 Å². The largest absolute Gasteiger partial charge is 0.383 e. The van der Waals surface area contributed by atoms with Crippen molar-refractivity contribution >= 4 is 28.9 Å². The molecule has 94 valence electrons. The van der Waals surface area contributed by atoms with Gasteiger partial charge in [-0.05, 0) is 19.8 Å². The lowest BCUT2D eigenvalue weighted by Crippen LogP contribution is -2.10. The second-order valence-corrected chi connectivity index (χ2v) is 6.88. The summed E-state index contributed by atoms with van der Waals surface area (Å²) in [6.45, 7) is 1.93. The molecule has 17 heavy (non-hydrogen) atoms. The molecule has 0 aliphatic heterocycles. The van der Waals surface area contributed by atoms with E-state index in [0.29, 0.717) is 0 Å². The molecule has 0 saturated heterocycles. The van der Waals surface area contributed by atoms with Crippen LogP contribution in [0.15, 0.2) is 0 Å². The fourth-order valence-electron chi connectivity index (χ4n) is 2.18. The van der Waals surface area contributed by atoms with Crippen LogP contribution in [0.25, 0.3) is 0 Å². The Balaban J connectivity index is 1.90. The van der Waals surface area contributed by atoms with E-state index in [1.54, 1.807) is 11.3 Å². The van der Waals surface area contributed by atoms with Crippen molar-refractivity contribution in [3.8, 4) is 0 Å². The van der Waals surface area contributed by atoms with E-state index in [0.717, 1.165) is 26.6 Å². The Hall–Kier alpha value is -0.550. The summed E-state index contributed by atoms with van der Waals surface area (Å²) < 4.78 is 0. The summed E-state index contributed by atoms with van der Waals surface area (Å²) in [6, 6.07) is 0. The zero-order chi connectivity index (χ0) is 12.3. The molecule has 1 saturated carbocycles. The third-order valence-electron chi connectivity index (χ3n) is 3.08. The van der Waals surface area contributed by atoms with Crippen molar-refractivity contribution in [2.24, 2.45) is 5.73 Å². The predicted molar refractivity (Wildman–Crippen MR) is 76.0 cm³/mol. The molecule has 0 bridgehead atoms. The summed E-state index contributed by atoms with van der Waals surface area (Å²) in [4.78, 5) is 5.33. The number of nitrogen functional groups attached to an aromatic ring is 1. The second kappa shape index (κ2) is 5.87. The lowest BCUT2D eigenvalue weighted by Gasteiger charge is -2.20. The first-order valence-electron chi connectivity index (χ1n) is 6.09. The zero-order valence-corrected chi connectivity index (χ0v) is 11.8. The first-order valence-corrected chi connectivity index (χ1v) is 7.95. The van der Waals surface area contributed by atoms with E-state index in [1.807, 2.05) is 18.7 Å². The average molecular weight is 269 g/mol. The van der Waals surface area contributed by atoms with Gasteiger partial charge in [0.1, 0.15) is 10.8 Å². The SMILES string of the molecule is Cc1nc(CSC2CCCCC2)sc1C(=N)N. The lowest BCUT2D eigenvalue weighted by molar-refractivity contribution is 0.516. The van der Waals surface area contributed by atoms with Gasteiger partial charge in [0.15, 0.2) is 0 Å². The molecule has 1 aliphatic rings. The molecule has 1 aromatic rings. The summed E-state index contributed by atoms with van der Waals surface area (Å²) in [5.41, 5.74) is 6.42. The summed E-state index contributed by atoms with van der Waals surface area (Å²) in [7, 11) is 0. The number of thiazole rings is 1. The highest BCUT2D eigenvalue weighted by atomic mass is 32.2.